The number of ketones is 2. The molecule has 74 heavy (non-hydrogen) atoms. The van der Waals surface area contributed by atoms with E-state index < -0.39 is 17.4 Å². The van der Waals surface area contributed by atoms with Crippen molar-refractivity contribution in [2.24, 2.45) is 10.7 Å². The number of nitrogen functional groups attached to an aromatic ring is 1. The van der Waals surface area contributed by atoms with Crippen LogP contribution >= 0.6 is 56.8 Å². The highest BCUT2D eigenvalue weighted by Crippen LogP contribution is 2.31. The Morgan fingerprint density at radius 1 is 0.878 bits per heavy atom. The minimum atomic E-state index is -0.833. The maximum atomic E-state index is 13.8. The van der Waals surface area contributed by atoms with Crippen LogP contribution in [-0.2, 0) is 9.53 Å². The molecule has 8 N–H and O–H groups in total. The van der Waals surface area contributed by atoms with Crippen molar-refractivity contribution < 1.29 is 47.3 Å². The molecule has 1 amide bonds. The number of nitrogens with two attached hydrogens (primary N) is 2. The van der Waals surface area contributed by atoms with E-state index in [1.54, 1.807) is 43.0 Å². The zero-order valence-corrected chi connectivity index (χ0v) is 47.7. The predicted molar refractivity (Wildman–Crippen MR) is 307 cm³/mol. The standard InChI is InChI=1S/C21H23FN4O2S.C19H30N4O3S2.C9H8ClFO.C2H4O2.H3P/c1-3-24-10-11-28-16-8-6-15(7-9-16)25-21-26-20(23)19(29-21)18(27)14-5-4-13(2)17(22)12-14;1-6-23(18(24)26-19(3,4)5)12-13-25-15-10-8-14(9-11-15)21-17(27)22-16(20)28-7-2;1-6-2-3-7(4-8(6)11)9(12)5-10;1-2(3)4;/h4-9,12,24H,3,10-11,23H2,1-2H3,(H,25,26);8-11H,6-7,12-13H2,1-5H3,(H3,20,21,22,27);2-4H,5H2,1H3;1H3,(H,3,4);1H3. The number of anilines is 4. The van der Waals surface area contributed by atoms with Gasteiger partial charge in [-0.05, 0) is 138 Å². The molecular weight excluding hydrogens is 1050 g/mol. The number of nitrogens with zero attached hydrogens (tertiary/aromatic N) is 3. The lowest BCUT2D eigenvalue weighted by atomic mass is 10.1. The number of hydrogen-bond acceptors (Lipinski definition) is 14. The van der Waals surface area contributed by atoms with Crippen molar-refractivity contribution in [1.82, 2.24) is 15.2 Å². The number of likely N-dealkylation sites (N-methyl/N-ethyl adjacent to an activating group) is 2. The quantitative estimate of drug-likeness (QED) is 0.00911. The summed E-state index contributed by atoms with van der Waals surface area (Å²) in [4.78, 5) is 54.9. The summed E-state index contributed by atoms with van der Waals surface area (Å²) in [5.41, 5.74) is 14.3. The highest BCUT2D eigenvalue weighted by atomic mass is 35.5. The van der Waals surface area contributed by atoms with Crippen molar-refractivity contribution in [3.05, 3.63) is 124 Å². The zero-order valence-electron chi connectivity index (χ0n) is 43.1. The number of rotatable bonds is 18. The molecule has 0 saturated heterocycles. The number of aromatic nitrogens is 1. The molecule has 0 aliphatic carbocycles. The number of aliphatic carboxylic acids is 1. The number of alkyl halides is 1. The lowest BCUT2D eigenvalue weighted by molar-refractivity contribution is -0.134. The van der Waals surface area contributed by atoms with Gasteiger partial charge in [0.1, 0.15) is 52.6 Å². The van der Waals surface area contributed by atoms with Gasteiger partial charge in [-0.2, -0.15) is 14.9 Å². The first kappa shape index (κ1) is 66.1. The smallest absolute Gasteiger partial charge is 0.410 e. The Morgan fingerprint density at radius 3 is 1.91 bits per heavy atom. The molecule has 404 valence electrons. The maximum absolute atomic E-state index is 13.8. The number of amides is 1. The number of Topliss-reactive ketones (excluding diaryl/α,β-unsaturated/α-hetero) is 1. The third-order valence-corrected chi connectivity index (χ3v) is 11.2. The number of aliphatic imine (C=N–C) groups is 1. The molecular formula is C51H68ClF2N8O8PS3. The van der Waals surface area contributed by atoms with E-state index in [9.17, 15) is 23.2 Å². The van der Waals surface area contributed by atoms with Gasteiger partial charge in [-0.1, -0.05) is 61.2 Å². The highest BCUT2D eigenvalue weighted by Gasteiger charge is 2.21. The van der Waals surface area contributed by atoms with Crippen LogP contribution in [-0.4, -0.2) is 106 Å². The molecule has 5 rings (SSSR count). The molecule has 23 heteroatoms. The van der Waals surface area contributed by atoms with E-state index in [1.807, 2.05) is 90.1 Å². The molecule has 16 nitrogen and oxygen atoms in total. The topological polar surface area (TPSA) is 233 Å². The third kappa shape index (κ3) is 25.8. The largest absolute Gasteiger partial charge is 0.492 e. The van der Waals surface area contributed by atoms with Crippen LogP contribution in [0.4, 0.5) is 35.9 Å². The van der Waals surface area contributed by atoms with Crippen molar-refractivity contribution in [2.75, 3.05) is 67.4 Å². The number of thiocarbonyl (C=S) groups is 1. The Morgan fingerprint density at radius 2 is 1.41 bits per heavy atom. The Balaban J connectivity index is 0.000000568. The molecule has 1 heterocycles. The Kier molecular flexibility index (Phi) is 30.8. The molecule has 4 aromatic carbocycles. The Bertz CT molecular complexity index is 2600. The SMILES string of the molecule is CC(=O)O.CCNCCOc1ccc(Nc2nc(N)c(C(=O)c3ccc(C)c(F)c3)s2)cc1.CCSC(N)=NC(=S)Nc1ccc(OCCN(CC)C(=O)OC(C)(C)C)cc1.Cc1ccc(C(=O)CCl)cc1F.P. The molecule has 1 aromatic heterocycles. The molecule has 0 aliphatic rings. The van der Waals surface area contributed by atoms with E-state index in [4.69, 9.17) is 59.4 Å². The van der Waals surface area contributed by atoms with E-state index in [-0.39, 0.29) is 55.5 Å². The second-order valence-electron chi connectivity index (χ2n) is 16.2. The number of benzene rings is 4. The summed E-state index contributed by atoms with van der Waals surface area (Å²) in [6, 6.07) is 23.5. The van der Waals surface area contributed by atoms with E-state index in [2.05, 4.69) is 25.9 Å². The number of aryl methyl sites for hydroxylation is 2. The minimum Gasteiger partial charge on any atom is -0.492 e. The summed E-state index contributed by atoms with van der Waals surface area (Å²) in [5.74, 6) is 0.0797. The van der Waals surface area contributed by atoms with Crippen molar-refractivity contribution in [1.29, 1.82) is 0 Å². The molecule has 0 spiro atoms. The first-order chi connectivity index (χ1) is 34.5. The van der Waals surface area contributed by atoms with Crippen molar-refractivity contribution >= 4 is 113 Å². The number of thiazole rings is 1. The number of halogens is 3. The third-order valence-electron chi connectivity index (χ3n) is 9.08. The van der Waals surface area contributed by atoms with Crippen LogP contribution in [0, 0.1) is 25.5 Å². The fourth-order valence-corrected chi connectivity index (χ4v) is 7.22. The van der Waals surface area contributed by atoms with Gasteiger partial charge in [-0.3, -0.25) is 14.4 Å². The van der Waals surface area contributed by atoms with Gasteiger partial charge in [-0.25, -0.2) is 18.6 Å². The van der Waals surface area contributed by atoms with Crippen molar-refractivity contribution in [2.45, 2.75) is 67.9 Å². The van der Waals surface area contributed by atoms with Gasteiger partial charge in [0, 0.05) is 42.5 Å². The van der Waals surface area contributed by atoms with Crippen molar-refractivity contribution in [3.8, 4) is 11.5 Å². The molecule has 0 radical (unpaired) electrons. The number of amidine groups is 1. The first-order valence-corrected chi connectivity index (χ1v) is 25.6. The molecule has 0 bridgehead atoms. The summed E-state index contributed by atoms with van der Waals surface area (Å²) in [5, 5.41) is 18.0. The highest BCUT2D eigenvalue weighted by molar-refractivity contribution is 8.13. The van der Waals surface area contributed by atoms with Gasteiger partial charge in [0.15, 0.2) is 21.2 Å². The number of carbonyl (C=O) groups is 4. The fraction of sp³-hybridized carbons (Fsp3) is 0.353. The minimum absolute atomic E-state index is 0. The van der Waals surface area contributed by atoms with E-state index in [0.717, 1.165) is 54.2 Å². The van der Waals surface area contributed by atoms with Crippen LogP contribution in [0.15, 0.2) is 89.9 Å². The van der Waals surface area contributed by atoms with Gasteiger partial charge >= 0.3 is 6.09 Å². The van der Waals surface area contributed by atoms with Gasteiger partial charge in [0.05, 0.1) is 12.4 Å². The van der Waals surface area contributed by atoms with Gasteiger partial charge < -0.3 is 51.6 Å². The maximum Gasteiger partial charge on any atom is 0.410 e. The number of thioether (sulfide) groups is 1. The Labute approximate surface area is 454 Å². The van der Waals surface area contributed by atoms with Gasteiger partial charge in [-0.15, -0.1) is 11.6 Å². The second-order valence-corrected chi connectivity index (χ2v) is 19.1. The van der Waals surface area contributed by atoms with Crippen molar-refractivity contribution in [3.63, 3.8) is 0 Å². The van der Waals surface area contributed by atoms with Crippen LogP contribution in [0.3, 0.4) is 0 Å². The van der Waals surface area contributed by atoms with Crippen LogP contribution < -0.4 is 36.9 Å². The Hall–Kier alpha value is -5.96. The number of carbonyl (C=O) groups excluding carboxylic acids is 3. The lowest BCUT2D eigenvalue weighted by Crippen LogP contribution is -2.38. The number of ether oxygens (including phenoxy) is 3. The molecule has 0 aliphatic heterocycles. The normalized spacial score (nSPS) is 10.6. The summed E-state index contributed by atoms with van der Waals surface area (Å²) in [6.07, 6.45) is -0.340. The average molecular weight is 1120 g/mol. The second kappa shape index (κ2) is 34.5. The molecule has 1 unspecified atom stereocenters. The average Bonchev–Trinajstić information content (AvgIpc) is 3.70. The van der Waals surface area contributed by atoms with E-state index >= 15 is 0 Å². The summed E-state index contributed by atoms with van der Waals surface area (Å²) in [7, 11) is 0. The summed E-state index contributed by atoms with van der Waals surface area (Å²) >= 11 is 13.0. The van der Waals surface area contributed by atoms with Crippen LogP contribution in [0.5, 0.6) is 11.5 Å². The predicted octanol–water partition coefficient (Wildman–Crippen LogP) is 10.9. The number of carboxylic acids is 1. The lowest BCUT2D eigenvalue weighted by Gasteiger charge is -2.26. The molecule has 1 atom stereocenters. The van der Waals surface area contributed by atoms with Crippen LogP contribution in [0.2, 0.25) is 0 Å². The van der Waals surface area contributed by atoms with Crippen LogP contribution in [0.25, 0.3) is 0 Å². The van der Waals surface area contributed by atoms with Crippen LogP contribution in [0.1, 0.15) is 85.2 Å². The molecule has 0 saturated carbocycles. The van der Waals surface area contributed by atoms with E-state index in [1.165, 1.54) is 23.9 Å². The van der Waals surface area contributed by atoms with Gasteiger partial charge in [0.2, 0.25) is 5.78 Å². The monoisotopic (exact) mass is 1120 g/mol. The summed E-state index contributed by atoms with van der Waals surface area (Å²) in [6.45, 7) is 19.5. The molecule has 0 fully saturated rings. The molecule has 5 aromatic rings. The fourth-order valence-electron chi connectivity index (χ4n) is 5.48. The first-order valence-electron chi connectivity index (χ1n) is 22.8. The number of carboxylic acid groups (broad SMARTS) is 1. The number of nitrogens with one attached hydrogen (secondary N) is 3. The zero-order chi connectivity index (χ0) is 54.7. The van der Waals surface area contributed by atoms with E-state index in [0.29, 0.717) is 64.2 Å². The summed E-state index contributed by atoms with van der Waals surface area (Å²) < 4.78 is 43.4. The van der Waals surface area contributed by atoms with Gasteiger partial charge in [0.25, 0.3) is 5.97 Å². The number of hydrogen-bond donors (Lipinski definition) is 6.